The van der Waals surface area contributed by atoms with Crippen LogP contribution in [0.2, 0.25) is 0 Å². The molecule has 0 aliphatic heterocycles. The van der Waals surface area contributed by atoms with Crippen molar-refractivity contribution >= 4 is 79.3 Å². The van der Waals surface area contributed by atoms with Crippen LogP contribution in [0.3, 0.4) is 0 Å². The molecular weight excluding hydrogens is 610 g/mol. The highest BCUT2D eigenvalue weighted by Crippen LogP contribution is 2.40. The zero-order valence-electron chi connectivity index (χ0n) is 15.4. The fraction of sp³-hybridized carbons (Fsp3) is 0.182. The Morgan fingerprint density at radius 3 is 2.52 bits per heavy atom. The Morgan fingerprint density at radius 2 is 1.79 bits per heavy atom. The molecule has 4 nitrogen and oxygen atoms in total. The van der Waals surface area contributed by atoms with Gasteiger partial charge in [0.1, 0.15) is 10.8 Å². The van der Waals surface area contributed by atoms with E-state index in [9.17, 15) is 9.90 Å². The molecule has 0 saturated carbocycles. The van der Waals surface area contributed by atoms with Gasteiger partial charge in [0, 0.05) is 16.8 Å². The maximum absolute atomic E-state index is 13.1. The largest absolute Gasteiger partial charge is 0.506 e. The number of anilines is 1. The average Bonchev–Trinajstić information content (AvgIpc) is 3.09. The Labute approximate surface area is 200 Å². The van der Waals surface area contributed by atoms with Crippen molar-refractivity contribution in [2.45, 2.75) is 25.7 Å². The summed E-state index contributed by atoms with van der Waals surface area (Å²) < 4.78 is 1.56. The summed E-state index contributed by atoms with van der Waals surface area (Å²) in [6, 6.07) is 13.3. The second kappa shape index (κ2) is 9.13. The number of para-hydroxylation sites is 1. The number of carbonyl (C=O) groups excluding carboxylic acids is 1. The van der Waals surface area contributed by atoms with Gasteiger partial charge in [-0.15, -0.1) is 11.3 Å². The fourth-order valence-electron chi connectivity index (χ4n) is 3.38. The van der Waals surface area contributed by atoms with Gasteiger partial charge < -0.3 is 10.4 Å². The molecule has 3 aromatic rings. The summed E-state index contributed by atoms with van der Waals surface area (Å²) >= 11 is 5.84. The molecule has 1 aliphatic rings. The molecule has 1 amide bonds. The van der Waals surface area contributed by atoms with Crippen LogP contribution in [-0.4, -0.2) is 17.2 Å². The molecule has 148 valence electrons. The lowest BCUT2D eigenvalue weighted by atomic mass is 9.95. The number of phenols is 1. The first-order valence-electron chi connectivity index (χ1n) is 9.26. The average molecular weight is 628 g/mol. The minimum Gasteiger partial charge on any atom is -0.506 e. The number of fused-ring (bicyclic) bond motifs is 1. The summed E-state index contributed by atoms with van der Waals surface area (Å²) in [7, 11) is 0. The number of hydrogen-bond donors (Lipinski definition) is 2. The van der Waals surface area contributed by atoms with Gasteiger partial charge in [-0.1, -0.05) is 18.2 Å². The summed E-state index contributed by atoms with van der Waals surface area (Å²) in [5, 5.41) is 13.7. The summed E-state index contributed by atoms with van der Waals surface area (Å²) in [5.74, 6) is 0.190. The predicted octanol–water partition coefficient (Wildman–Crippen LogP) is 6.54. The Bertz CT molecular complexity index is 1070. The van der Waals surface area contributed by atoms with Crippen LogP contribution in [0.4, 0.5) is 10.7 Å². The SMILES string of the molecule is O=C(Nc1ccccc1)c1c(N=Cc2cc(I)c(O)c(I)c2)sc2c1CCCC2. The van der Waals surface area contributed by atoms with Crippen molar-refractivity contribution in [3.05, 3.63) is 71.2 Å². The lowest BCUT2D eigenvalue weighted by molar-refractivity contribution is 0.102. The van der Waals surface area contributed by atoms with Crippen molar-refractivity contribution in [1.29, 1.82) is 0 Å². The van der Waals surface area contributed by atoms with Gasteiger partial charge in [0.15, 0.2) is 0 Å². The number of phenolic OH excluding ortho intramolecular Hbond substituents is 1. The minimum atomic E-state index is -0.0994. The van der Waals surface area contributed by atoms with Crippen LogP contribution in [0.15, 0.2) is 47.5 Å². The van der Waals surface area contributed by atoms with Crippen molar-refractivity contribution in [3.8, 4) is 5.75 Å². The van der Waals surface area contributed by atoms with Crippen molar-refractivity contribution in [3.63, 3.8) is 0 Å². The number of thiophene rings is 1. The summed E-state index contributed by atoms with van der Waals surface area (Å²) in [5.41, 5.74) is 3.54. The van der Waals surface area contributed by atoms with Crippen molar-refractivity contribution < 1.29 is 9.90 Å². The molecule has 4 rings (SSSR count). The molecule has 1 aromatic heterocycles. The number of carbonyl (C=O) groups is 1. The molecule has 0 radical (unpaired) electrons. The smallest absolute Gasteiger partial charge is 0.259 e. The number of aryl methyl sites for hydroxylation is 1. The van der Waals surface area contributed by atoms with Gasteiger partial charge in [0.05, 0.1) is 12.7 Å². The summed E-state index contributed by atoms with van der Waals surface area (Å²) in [4.78, 5) is 19.1. The zero-order chi connectivity index (χ0) is 20.4. The molecule has 0 atom stereocenters. The van der Waals surface area contributed by atoms with E-state index in [1.54, 1.807) is 17.6 Å². The highest BCUT2D eigenvalue weighted by molar-refractivity contribution is 14.1. The second-order valence-corrected chi connectivity index (χ2v) is 10.2. The second-order valence-electron chi connectivity index (χ2n) is 6.80. The van der Waals surface area contributed by atoms with E-state index >= 15 is 0 Å². The number of benzene rings is 2. The van der Waals surface area contributed by atoms with Crippen molar-refractivity contribution in [2.75, 3.05) is 5.32 Å². The topological polar surface area (TPSA) is 61.7 Å². The first-order chi connectivity index (χ1) is 14.0. The molecular formula is C22H18I2N2O2S. The van der Waals surface area contributed by atoms with Gasteiger partial charge in [-0.3, -0.25) is 4.79 Å². The van der Waals surface area contributed by atoms with Gasteiger partial charge in [0.25, 0.3) is 5.91 Å². The van der Waals surface area contributed by atoms with E-state index in [0.29, 0.717) is 5.56 Å². The van der Waals surface area contributed by atoms with Crippen LogP contribution >= 0.6 is 56.5 Å². The van der Waals surface area contributed by atoms with Crippen LogP contribution in [0.1, 0.15) is 39.2 Å². The van der Waals surface area contributed by atoms with Gasteiger partial charge in [-0.05, 0) is 106 Å². The normalized spacial score (nSPS) is 13.4. The third-order valence-electron chi connectivity index (χ3n) is 4.78. The Morgan fingerprint density at radius 1 is 1.10 bits per heavy atom. The molecule has 7 heteroatoms. The van der Waals surface area contributed by atoms with Gasteiger partial charge in [0.2, 0.25) is 0 Å². The monoisotopic (exact) mass is 628 g/mol. The molecule has 0 saturated heterocycles. The number of aliphatic imine (C=N–C) groups is 1. The first kappa shape index (κ1) is 20.8. The number of nitrogens with zero attached hydrogens (tertiary/aromatic N) is 1. The summed E-state index contributed by atoms with van der Waals surface area (Å²) in [6.45, 7) is 0. The van der Waals surface area contributed by atoms with Gasteiger partial charge in [-0.2, -0.15) is 0 Å². The maximum atomic E-state index is 13.1. The van der Waals surface area contributed by atoms with E-state index < -0.39 is 0 Å². The van der Waals surface area contributed by atoms with Crippen molar-refractivity contribution in [1.82, 2.24) is 0 Å². The number of halogens is 2. The van der Waals surface area contributed by atoms with Crippen LogP contribution in [0.25, 0.3) is 0 Å². The lowest BCUT2D eigenvalue weighted by Gasteiger charge is -2.12. The third-order valence-corrected chi connectivity index (χ3v) is 7.63. The minimum absolute atomic E-state index is 0.0994. The Hall–Kier alpha value is -1.46. The third kappa shape index (κ3) is 4.66. The number of aromatic hydroxyl groups is 1. The van der Waals surface area contributed by atoms with E-state index in [0.717, 1.165) is 54.6 Å². The van der Waals surface area contributed by atoms with E-state index in [2.05, 4.69) is 50.5 Å². The predicted molar refractivity (Wildman–Crippen MR) is 136 cm³/mol. The van der Waals surface area contributed by atoms with E-state index in [4.69, 9.17) is 4.99 Å². The summed E-state index contributed by atoms with van der Waals surface area (Å²) in [6.07, 6.45) is 5.97. The highest BCUT2D eigenvalue weighted by atomic mass is 127. The number of rotatable bonds is 4. The molecule has 1 aliphatic carbocycles. The number of hydrogen-bond acceptors (Lipinski definition) is 4. The Balaban J connectivity index is 1.70. The number of nitrogens with one attached hydrogen (secondary N) is 1. The van der Waals surface area contributed by atoms with Crippen LogP contribution in [0, 0.1) is 7.14 Å². The van der Waals surface area contributed by atoms with E-state index in [1.165, 1.54) is 4.88 Å². The van der Waals surface area contributed by atoms with Gasteiger partial charge >= 0.3 is 0 Å². The van der Waals surface area contributed by atoms with Crippen LogP contribution in [-0.2, 0) is 12.8 Å². The molecule has 0 bridgehead atoms. The lowest BCUT2D eigenvalue weighted by Crippen LogP contribution is -2.14. The van der Waals surface area contributed by atoms with Crippen molar-refractivity contribution in [2.24, 2.45) is 4.99 Å². The zero-order valence-corrected chi connectivity index (χ0v) is 20.5. The van der Waals surface area contributed by atoms with Gasteiger partial charge in [-0.25, -0.2) is 4.99 Å². The molecule has 1 heterocycles. The molecule has 29 heavy (non-hydrogen) atoms. The maximum Gasteiger partial charge on any atom is 0.259 e. The van der Waals surface area contributed by atoms with E-state index in [1.807, 2.05) is 42.5 Å². The molecule has 2 N–H and O–H groups in total. The first-order valence-corrected chi connectivity index (χ1v) is 12.2. The van der Waals surface area contributed by atoms with Crippen LogP contribution in [0.5, 0.6) is 5.75 Å². The van der Waals surface area contributed by atoms with Crippen LogP contribution < -0.4 is 5.32 Å². The molecule has 0 fully saturated rings. The molecule has 0 unspecified atom stereocenters. The van der Waals surface area contributed by atoms with E-state index in [-0.39, 0.29) is 11.7 Å². The number of amides is 1. The quantitative estimate of drug-likeness (QED) is 0.255. The standard InChI is InChI=1S/C22H18I2N2O2S/c23-16-10-13(11-17(24)20(16)27)12-25-22-19(15-8-4-5-9-18(15)29-22)21(28)26-14-6-2-1-3-7-14/h1-3,6-7,10-12,27H,4-5,8-9H2,(H,26,28). The fourth-order valence-corrected chi connectivity index (χ4v) is 6.43. The molecule has 0 spiro atoms. The highest BCUT2D eigenvalue weighted by Gasteiger charge is 2.25. The Kier molecular flexibility index (Phi) is 6.55. The molecule has 2 aromatic carbocycles.